The third-order valence-electron chi connectivity index (χ3n) is 5.15. The van der Waals surface area contributed by atoms with Crippen molar-refractivity contribution in [1.29, 1.82) is 0 Å². The first-order chi connectivity index (χ1) is 8.89. The highest BCUT2D eigenvalue weighted by Gasteiger charge is 2.63. The van der Waals surface area contributed by atoms with E-state index in [1.165, 1.54) is 0 Å². The number of nitrogens with zero attached hydrogens (tertiary/aromatic N) is 1. The second-order valence-electron chi connectivity index (χ2n) is 6.77. The molecule has 0 bridgehead atoms. The van der Waals surface area contributed by atoms with Crippen molar-refractivity contribution >= 4 is 11.4 Å². The third-order valence-corrected chi connectivity index (χ3v) is 5.15. The van der Waals surface area contributed by atoms with Crippen LogP contribution in [0.4, 0.5) is 11.4 Å². The summed E-state index contributed by atoms with van der Waals surface area (Å²) in [5.41, 5.74) is 3.08. The van der Waals surface area contributed by atoms with E-state index < -0.39 is 0 Å². The number of pyridine rings is 1. The summed E-state index contributed by atoms with van der Waals surface area (Å²) < 4.78 is 0. The summed E-state index contributed by atoms with van der Waals surface area (Å²) in [6.45, 7) is 13.6. The highest BCUT2D eigenvalue weighted by Crippen LogP contribution is 2.68. The standard InChI is InChI=1S/C16H27N3/c1-6-7-18-12-8-13(10-17-9-12)19-11-14-15(2,3)16(14,4)5/h8-10,14,18-19H,6-7,11H2,1-5H3. The molecule has 1 saturated carbocycles. The Balaban J connectivity index is 1.90. The van der Waals surface area contributed by atoms with Crippen molar-refractivity contribution in [3.8, 4) is 0 Å². The van der Waals surface area contributed by atoms with E-state index in [0.717, 1.165) is 36.8 Å². The quantitative estimate of drug-likeness (QED) is 0.812. The Bertz CT molecular complexity index is 423. The maximum Gasteiger partial charge on any atom is 0.0547 e. The lowest BCUT2D eigenvalue weighted by molar-refractivity contribution is 0.457. The lowest BCUT2D eigenvalue weighted by atomic mass is 10.0. The molecule has 0 unspecified atom stereocenters. The van der Waals surface area contributed by atoms with Gasteiger partial charge in [0.2, 0.25) is 0 Å². The van der Waals surface area contributed by atoms with Crippen LogP contribution in [0.5, 0.6) is 0 Å². The van der Waals surface area contributed by atoms with Crippen molar-refractivity contribution in [2.75, 3.05) is 23.7 Å². The van der Waals surface area contributed by atoms with E-state index in [1.807, 2.05) is 12.4 Å². The summed E-state index contributed by atoms with van der Waals surface area (Å²) in [5.74, 6) is 0.729. The molecule has 1 aliphatic rings. The van der Waals surface area contributed by atoms with Gasteiger partial charge >= 0.3 is 0 Å². The first kappa shape index (κ1) is 14.2. The molecule has 0 atom stereocenters. The number of aromatic nitrogens is 1. The van der Waals surface area contributed by atoms with Crippen molar-refractivity contribution < 1.29 is 0 Å². The molecule has 0 amide bonds. The summed E-state index contributed by atoms with van der Waals surface area (Å²) in [6.07, 6.45) is 4.91. The molecule has 0 aromatic carbocycles. The largest absolute Gasteiger partial charge is 0.384 e. The fraction of sp³-hybridized carbons (Fsp3) is 0.688. The molecule has 1 aromatic heterocycles. The van der Waals surface area contributed by atoms with E-state index in [0.29, 0.717) is 10.8 Å². The van der Waals surface area contributed by atoms with E-state index >= 15 is 0 Å². The van der Waals surface area contributed by atoms with Crippen molar-refractivity contribution in [1.82, 2.24) is 4.98 Å². The third kappa shape index (κ3) is 2.70. The molecule has 19 heavy (non-hydrogen) atoms. The Morgan fingerprint density at radius 1 is 1.05 bits per heavy atom. The predicted octanol–water partition coefficient (Wildman–Crippen LogP) is 4.00. The molecule has 1 heterocycles. The smallest absolute Gasteiger partial charge is 0.0547 e. The molecule has 0 aliphatic heterocycles. The predicted molar refractivity (Wildman–Crippen MR) is 82.6 cm³/mol. The Labute approximate surface area is 117 Å². The lowest BCUT2D eigenvalue weighted by Crippen LogP contribution is -2.09. The van der Waals surface area contributed by atoms with Crippen LogP contribution in [0.15, 0.2) is 18.5 Å². The Kier molecular flexibility index (Phi) is 3.75. The van der Waals surface area contributed by atoms with E-state index in [9.17, 15) is 0 Å². The van der Waals surface area contributed by atoms with Crippen LogP contribution in [0.1, 0.15) is 41.0 Å². The number of hydrogen-bond donors (Lipinski definition) is 2. The summed E-state index contributed by atoms with van der Waals surface area (Å²) in [5, 5.41) is 6.90. The van der Waals surface area contributed by atoms with Gasteiger partial charge in [-0.2, -0.15) is 0 Å². The molecule has 2 rings (SSSR count). The van der Waals surface area contributed by atoms with Crippen molar-refractivity contribution in [3.63, 3.8) is 0 Å². The van der Waals surface area contributed by atoms with E-state index in [2.05, 4.69) is 56.3 Å². The summed E-state index contributed by atoms with van der Waals surface area (Å²) >= 11 is 0. The van der Waals surface area contributed by atoms with Crippen LogP contribution < -0.4 is 10.6 Å². The van der Waals surface area contributed by atoms with Gasteiger partial charge in [-0.15, -0.1) is 0 Å². The average molecular weight is 261 g/mol. The number of anilines is 2. The number of hydrogen-bond acceptors (Lipinski definition) is 3. The van der Waals surface area contributed by atoms with Crippen LogP contribution in [-0.4, -0.2) is 18.1 Å². The Hall–Kier alpha value is -1.25. The van der Waals surface area contributed by atoms with Crippen LogP contribution in [0, 0.1) is 16.7 Å². The van der Waals surface area contributed by atoms with Crippen LogP contribution in [0.25, 0.3) is 0 Å². The van der Waals surface area contributed by atoms with Crippen LogP contribution in [0.3, 0.4) is 0 Å². The zero-order valence-corrected chi connectivity index (χ0v) is 12.9. The minimum Gasteiger partial charge on any atom is -0.384 e. The number of nitrogens with one attached hydrogen (secondary N) is 2. The van der Waals surface area contributed by atoms with Gasteiger partial charge in [-0.3, -0.25) is 4.98 Å². The highest BCUT2D eigenvalue weighted by molar-refractivity contribution is 5.54. The van der Waals surface area contributed by atoms with Gasteiger partial charge in [0.25, 0.3) is 0 Å². The van der Waals surface area contributed by atoms with Gasteiger partial charge in [-0.05, 0) is 29.2 Å². The molecule has 1 aliphatic carbocycles. The molecular weight excluding hydrogens is 234 g/mol. The Morgan fingerprint density at radius 2 is 1.63 bits per heavy atom. The van der Waals surface area contributed by atoms with Crippen molar-refractivity contribution in [3.05, 3.63) is 18.5 Å². The fourth-order valence-electron chi connectivity index (χ4n) is 2.97. The van der Waals surface area contributed by atoms with Gasteiger partial charge < -0.3 is 10.6 Å². The van der Waals surface area contributed by atoms with E-state index in [1.54, 1.807) is 0 Å². The van der Waals surface area contributed by atoms with Gasteiger partial charge in [0.05, 0.1) is 23.8 Å². The highest BCUT2D eigenvalue weighted by atomic mass is 14.9. The van der Waals surface area contributed by atoms with E-state index in [4.69, 9.17) is 0 Å². The van der Waals surface area contributed by atoms with E-state index in [-0.39, 0.29) is 0 Å². The molecule has 106 valence electrons. The monoisotopic (exact) mass is 261 g/mol. The van der Waals surface area contributed by atoms with Gasteiger partial charge in [0, 0.05) is 13.1 Å². The minimum atomic E-state index is 0.436. The van der Waals surface area contributed by atoms with Crippen molar-refractivity contribution in [2.45, 2.75) is 41.0 Å². The fourth-order valence-corrected chi connectivity index (χ4v) is 2.97. The average Bonchev–Trinajstić information content (AvgIpc) is 2.75. The summed E-state index contributed by atoms with van der Waals surface area (Å²) in [6, 6.07) is 2.14. The molecule has 3 heteroatoms. The second-order valence-corrected chi connectivity index (χ2v) is 6.77. The zero-order chi connectivity index (χ0) is 14.1. The lowest BCUT2D eigenvalue weighted by Gasteiger charge is -2.10. The van der Waals surface area contributed by atoms with Gasteiger partial charge in [-0.1, -0.05) is 34.6 Å². The van der Waals surface area contributed by atoms with Gasteiger partial charge in [0.1, 0.15) is 0 Å². The van der Waals surface area contributed by atoms with Crippen LogP contribution in [0.2, 0.25) is 0 Å². The van der Waals surface area contributed by atoms with Crippen LogP contribution in [-0.2, 0) is 0 Å². The normalized spacial score (nSPS) is 20.1. The maximum absolute atomic E-state index is 4.28. The summed E-state index contributed by atoms with van der Waals surface area (Å²) in [4.78, 5) is 4.28. The first-order valence-electron chi connectivity index (χ1n) is 7.32. The molecule has 2 N–H and O–H groups in total. The van der Waals surface area contributed by atoms with Crippen molar-refractivity contribution in [2.24, 2.45) is 16.7 Å². The maximum atomic E-state index is 4.28. The molecule has 1 aromatic rings. The molecule has 0 saturated heterocycles. The van der Waals surface area contributed by atoms with Crippen LogP contribution >= 0.6 is 0 Å². The first-order valence-corrected chi connectivity index (χ1v) is 7.32. The zero-order valence-electron chi connectivity index (χ0n) is 12.9. The summed E-state index contributed by atoms with van der Waals surface area (Å²) in [7, 11) is 0. The topological polar surface area (TPSA) is 37.0 Å². The molecule has 3 nitrogen and oxygen atoms in total. The number of rotatable bonds is 6. The second kappa shape index (κ2) is 5.03. The Morgan fingerprint density at radius 3 is 2.16 bits per heavy atom. The SMILES string of the molecule is CCCNc1cncc(NCC2C(C)(C)C2(C)C)c1. The van der Waals surface area contributed by atoms with Gasteiger partial charge in [-0.25, -0.2) is 0 Å². The molecule has 1 fully saturated rings. The minimum absolute atomic E-state index is 0.436. The van der Waals surface area contributed by atoms with Gasteiger partial charge in [0.15, 0.2) is 0 Å². The molecule has 0 radical (unpaired) electrons. The molecular formula is C16H27N3. The molecule has 0 spiro atoms.